The van der Waals surface area contributed by atoms with E-state index in [0.29, 0.717) is 11.5 Å². The standard InChI is InChI=1S/C18H20FNO4/c1-23-16-6-7-17(24-2)14(11-16)12-20(8-9-21)18(22)13-4-3-5-15(19)10-13/h3-7,10-11,21H,8-9,12H2,1-2H3. The van der Waals surface area contributed by atoms with Gasteiger partial charge in [0.2, 0.25) is 0 Å². The molecule has 0 aliphatic carbocycles. The highest BCUT2D eigenvalue weighted by Crippen LogP contribution is 2.25. The molecule has 2 rings (SSSR count). The molecule has 1 amide bonds. The van der Waals surface area contributed by atoms with Gasteiger partial charge < -0.3 is 19.5 Å². The summed E-state index contributed by atoms with van der Waals surface area (Å²) in [6, 6.07) is 10.7. The lowest BCUT2D eigenvalue weighted by Crippen LogP contribution is -2.33. The van der Waals surface area contributed by atoms with E-state index in [2.05, 4.69) is 0 Å². The van der Waals surface area contributed by atoms with Gasteiger partial charge >= 0.3 is 0 Å². The maximum absolute atomic E-state index is 13.4. The van der Waals surface area contributed by atoms with Gasteiger partial charge in [0.25, 0.3) is 5.91 Å². The van der Waals surface area contributed by atoms with E-state index in [0.717, 1.165) is 5.56 Å². The molecule has 0 unspecified atom stereocenters. The molecule has 0 aliphatic rings. The lowest BCUT2D eigenvalue weighted by molar-refractivity contribution is 0.0706. The number of rotatable bonds is 7. The summed E-state index contributed by atoms with van der Waals surface area (Å²) in [6.45, 7) is 0.124. The Morgan fingerprint density at radius 1 is 1.17 bits per heavy atom. The quantitative estimate of drug-likeness (QED) is 0.846. The van der Waals surface area contributed by atoms with Gasteiger partial charge in [-0.1, -0.05) is 6.07 Å². The second kappa shape index (κ2) is 8.31. The van der Waals surface area contributed by atoms with Crippen molar-refractivity contribution in [3.8, 4) is 11.5 Å². The van der Waals surface area contributed by atoms with Crippen LogP contribution in [-0.4, -0.2) is 43.3 Å². The first-order chi connectivity index (χ1) is 11.6. The highest BCUT2D eigenvalue weighted by molar-refractivity contribution is 5.94. The molecule has 0 heterocycles. The van der Waals surface area contributed by atoms with Crippen LogP contribution in [0.5, 0.6) is 11.5 Å². The molecule has 0 spiro atoms. The number of carbonyl (C=O) groups is 1. The van der Waals surface area contributed by atoms with Crippen LogP contribution in [0.2, 0.25) is 0 Å². The number of aliphatic hydroxyl groups is 1. The Balaban J connectivity index is 2.30. The first kappa shape index (κ1) is 17.7. The normalized spacial score (nSPS) is 10.3. The Kier molecular flexibility index (Phi) is 6.14. The fourth-order valence-electron chi connectivity index (χ4n) is 2.39. The van der Waals surface area contributed by atoms with Gasteiger partial charge in [-0.05, 0) is 36.4 Å². The number of hydrogen-bond donors (Lipinski definition) is 1. The molecule has 1 N–H and O–H groups in total. The molecule has 128 valence electrons. The zero-order valence-corrected chi connectivity index (χ0v) is 13.7. The van der Waals surface area contributed by atoms with E-state index in [1.807, 2.05) is 0 Å². The van der Waals surface area contributed by atoms with Crippen molar-refractivity contribution < 1.29 is 23.8 Å². The maximum Gasteiger partial charge on any atom is 0.254 e. The van der Waals surface area contributed by atoms with E-state index in [-0.39, 0.29) is 31.2 Å². The van der Waals surface area contributed by atoms with Gasteiger partial charge in [0.05, 0.1) is 20.8 Å². The average molecular weight is 333 g/mol. The van der Waals surface area contributed by atoms with Crippen LogP contribution in [0.15, 0.2) is 42.5 Å². The smallest absolute Gasteiger partial charge is 0.254 e. The second-order valence-electron chi connectivity index (χ2n) is 5.14. The van der Waals surface area contributed by atoms with Gasteiger partial charge in [0.15, 0.2) is 0 Å². The van der Waals surface area contributed by atoms with Crippen molar-refractivity contribution in [2.45, 2.75) is 6.54 Å². The zero-order chi connectivity index (χ0) is 17.5. The van der Waals surface area contributed by atoms with Crippen LogP contribution >= 0.6 is 0 Å². The summed E-state index contributed by atoms with van der Waals surface area (Å²) in [5.41, 5.74) is 0.959. The summed E-state index contributed by atoms with van der Waals surface area (Å²) in [7, 11) is 3.09. The first-order valence-electron chi connectivity index (χ1n) is 7.45. The van der Waals surface area contributed by atoms with E-state index in [4.69, 9.17) is 9.47 Å². The Hall–Kier alpha value is -2.60. The van der Waals surface area contributed by atoms with Crippen molar-refractivity contribution in [1.29, 1.82) is 0 Å². The second-order valence-corrected chi connectivity index (χ2v) is 5.14. The third-order valence-corrected chi connectivity index (χ3v) is 3.58. The van der Waals surface area contributed by atoms with Crippen LogP contribution in [0.4, 0.5) is 4.39 Å². The number of halogens is 1. The van der Waals surface area contributed by atoms with Crippen LogP contribution in [0, 0.1) is 5.82 Å². The molecular formula is C18H20FNO4. The van der Waals surface area contributed by atoms with Crippen LogP contribution in [0.1, 0.15) is 15.9 Å². The van der Waals surface area contributed by atoms with Gasteiger partial charge in [-0.3, -0.25) is 4.79 Å². The van der Waals surface area contributed by atoms with E-state index in [9.17, 15) is 14.3 Å². The van der Waals surface area contributed by atoms with E-state index >= 15 is 0 Å². The fourth-order valence-corrected chi connectivity index (χ4v) is 2.39. The molecule has 0 bridgehead atoms. The Morgan fingerprint density at radius 2 is 1.96 bits per heavy atom. The molecule has 0 atom stereocenters. The van der Waals surface area contributed by atoms with Crippen LogP contribution in [0.25, 0.3) is 0 Å². The van der Waals surface area contributed by atoms with Crippen LogP contribution < -0.4 is 9.47 Å². The third-order valence-electron chi connectivity index (χ3n) is 3.58. The van der Waals surface area contributed by atoms with E-state index in [1.165, 1.54) is 30.2 Å². The zero-order valence-electron chi connectivity index (χ0n) is 13.7. The molecule has 0 radical (unpaired) electrons. The van der Waals surface area contributed by atoms with Crippen molar-refractivity contribution in [3.05, 3.63) is 59.4 Å². The molecule has 24 heavy (non-hydrogen) atoms. The molecular weight excluding hydrogens is 313 g/mol. The SMILES string of the molecule is COc1ccc(OC)c(CN(CCO)C(=O)c2cccc(F)c2)c1. The number of carbonyl (C=O) groups excluding carboxylic acids is 1. The van der Waals surface area contributed by atoms with Crippen molar-refractivity contribution in [2.75, 3.05) is 27.4 Å². The molecule has 2 aromatic carbocycles. The van der Waals surface area contributed by atoms with Crippen molar-refractivity contribution in [1.82, 2.24) is 4.90 Å². The van der Waals surface area contributed by atoms with Gasteiger partial charge in [0, 0.05) is 24.2 Å². The predicted molar refractivity (Wildman–Crippen MR) is 87.8 cm³/mol. The van der Waals surface area contributed by atoms with Crippen molar-refractivity contribution in [3.63, 3.8) is 0 Å². The van der Waals surface area contributed by atoms with Crippen molar-refractivity contribution >= 4 is 5.91 Å². The first-order valence-corrected chi connectivity index (χ1v) is 7.45. The topological polar surface area (TPSA) is 59.0 Å². The predicted octanol–water partition coefficient (Wildman–Crippen LogP) is 2.48. The molecule has 0 aliphatic heterocycles. The third kappa shape index (κ3) is 4.23. The van der Waals surface area contributed by atoms with Gasteiger partial charge in [-0.25, -0.2) is 4.39 Å². The molecule has 6 heteroatoms. The summed E-state index contributed by atoms with van der Waals surface area (Å²) in [4.78, 5) is 14.1. The number of methoxy groups -OCH3 is 2. The van der Waals surface area contributed by atoms with E-state index < -0.39 is 5.82 Å². The molecule has 2 aromatic rings. The van der Waals surface area contributed by atoms with Crippen LogP contribution in [0.3, 0.4) is 0 Å². The maximum atomic E-state index is 13.4. The number of hydrogen-bond acceptors (Lipinski definition) is 4. The highest BCUT2D eigenvalue weighted by Gasteiger charge is 2.18. The average Bonchev–Trinajstić information content (AvgIpc) is 2.60. The number of amides is 1. The Bertz CT molecular complexity index is 705. The van der Waals surface area contributed by atoms with Gasteiger partial charge in [0.1, 0.15) is 17.3 Å². The van der Waals surface area contributed by atoms with Crippen LogP contribution in [-0.2, 0) is 6.54 Å². The van der Waals surface area contributed by atoms with Gasteiger partial charge in [-0.15, -0.1) is 0 Å². The summed E-state index contributed by atoms with van der Waals surface area (Å²) in [5, 5.41) is 9.27. The minimum absolute atomic E-state index is 0.121. The number of ether oxygens (including phenoxy) is 2. The minimum atomic E-state index is -0.483. The monoisotopic (exact) mass is 333 g/mol. The molecule has 0 saturated carbocycles. The number of nitrogens with zero attached hydrogens (tertiary/aromatic N) is 1. The highest BCUT2D eigenvalue weighted by atomic mass is 19.1. The Labute approximate surface area is 140 Å². The lowest BCUT2D eigenvalue weighted by atomic mass is 10.1. The Morgan fingerprint density at radius 3 is 2.58 bits per heavy atom. The fraction of sp³-hybridized carbons (Fsp3) is 0.278. The minimum Gasteiger partial charge on any atom is -0.497 e. The molecule has 0 saturated heterocycles. The molecule has 5 nitrogen and oxygen atoms in total. The lowest BCUT2D eigenvalue weighted by Gasteiger charge is -2.23. The molecule has 0 fully saturated rings. The summed E-state index contributed by atoms with van der Waals surface area (Å²) < 4.78 is 23.9. The van der Waals surface area contributed by atoms with E-state index in [1.54, 1.807) is 31.4 Å². The largest absolute Gasteiger partial charge is 0.497 e. The number of benzene rings is 2. The summed E-state index contributed by atoms with van der Waals surface area (Å²) in [5.74, 6) is 0.385. The summed E-state index contributed by atoms with van der Waals surface area (Å²) in [6.07, 6.45) is 0. The number of aliphatic hydroxyl groups excluding tert-OH is 1. The molecule has 0 aromatic heterocycles. The summed E-state index contributed by atoms with van der Waals surface area (Å²) >= 11 is 0. The van der Waals surface area contributed by atoms with Crippen molar-refractivity contribution in [2.24, 2.45) is 0 Å². The van der Waals surface area contributed by atoms with Gasteiger partial charge in [-0.2, -0.15) is 0 Å².